The summed E-state index contributed by atoms with van der Waals surface area (Å²) in [7, 11) is 0. The van der Waals surface area contributed by atoms with E-state index in [0.717, 1.165) is 5.69 Å². The van der Waals surface area contributed by atoms with Crippen molar-refractivity contribution in [2.24, 2.45) is 4.99 Å². The molecule has 1 heteroatoms. The molecule has 16 heavy (non-hydrogen) atoms. The number of hydrogen-bond donors (Lipinski definition) is 0. The lowest BCUT2D eigenvalue weighted by Gasteiger charge is -2.00. The first kappa shape index (κ1) is 10.6. The zero-order chi connectivity index (χ0) is 11.4. The van der Waals surface area contributed by atoms with Gasteiger partial charge in [0.15, 0.2) is 0 Å². The van der Waals surface area contributed by atoms with Crippen LogP contribution >= 0.6 is 0 Å². The minimum Gasteiger partial charge on any atom is -0.256 e. The molecule has 0 fully saturated rings. The molecule has 80 valence electrons. The SMILES string of the molecule is Cc1ccccc1C=Nc1ccccc1C. The van der Waals surface area contributed by atoms with E-state index in [1.807, 2.05) is 36.5 Å². The van der Waals surface area contributed by atoms with Crippen LogP contribution in [0.25, 0.3) is 0 Å². The van der Waals surface area contributed by atoms with Crippen LogP contribution in [0.2, 0.25) is 0 Å². The van der Waals surface area contributed by atoms with Crippen LogP contribution in [0.3, 0.4) is 0 Å². The number of para-hydroxylation sites is 1. The molecule has 0 saturated heterocycles. The van der Waals surface area contributed by atoms with E-state index < -0.39 is 0 Å². The summed E-state index contributed by atoms with van der Waals surface area (Å²) < 4.78 is 0. The monoisotopic (exact) mass is 209 g/mol. The molecule has 0 saturated carbocycles. The molecule has 0 N–H and O–H groups in total. The Labute approximate surface area is 96.5 Å². The molecule has 0 aliphatic rings. The van der Waals surface area contributed by atoms with Crippen molar-refractivity contribution in [3.63, 3.8) is 0 Å². The van der Waals surface area contributed by atoms with Crippen LogP contribution in [0, 0.1) is 13.8 Å². The van der Waals surface area contributed by atoms with E-state index in [2.05, 4.69) is 37.0 Å². The molecule has 0 aliphatic carbocycles. The molecule has 0 spiro atoms. The highest BCUT2D eigenvalue weighted by atomic mass is 14.7. The number of nitrogens with zero attached hydrogens (tertiary/aromatic N) is 1. The van der Waals surface area contributed by atoms with Crippen LogP contribution in [0.5, 0.6) is 0 Å². The van der Waals surface area contributed by atoms with E-state index in [9.17, 15) is 0 Å². The van der Waals surface area contributed by atoms with Gasteiger partial charge in [0, 0.05) is 6.21 Å². The summed E-state index contributed by atoms with van der Waals surface area (Å²) in [4.78, 5) is 4.51. The van der Waals surface area contributed by atoms with Gasteiger partial charge in [0.25, 0.3) is 0 Å². The molecular formula is C15H15N. The van der Waals surface area contributed by atoms with Crippen molar-refractivity contribution in [3.8, 4) is 0 Å². The van der Waals surface area contributed by atoms with Gasteiger partial charge in [-0.05, 0) is 36.6 Å². The standard InChI is InChI=1S/C15H15N/c1-12-7-3-5-9-14(12)11-16-15-10-6-4-8-13(15)2/h3-11H,1-2H3. The van der Waals surface area contributed by atoms with Gasteiger partial charge >= 0.3 is 0 Å². The number of benzene rings is 2. The molecule has 2 aromatic carbocycles. The van der Waals surface area contributed by atoms with Gasteiger partial charge in [-0.15, -0.1) is 0 Å². The van der Waals surface area contributed by atoms with Crippen molar-refractivity contribution in [1.82, 2.24) is 0 Å². The second kappa shape index (κ2) is 4.75. The molecule has 0 aromatic heterocycles. The van der Waals surface area contributed by atoms with Crippen LogP contribution in [0.1, 0.15) is 16.7 Å². The number of rotatable bonds is 2. The molecule has 0 aliphatic heterocycles. The van der Waals surface area contributed by atoms with Gasteiger partial charge in [0.2, 0.25) is 0 Å². The molecular weight excluding hydrogens is 194 g/mol. The summed E-state index contributed by atoms with van der Waals surface area (Å²) in [6, 6.07) is 16.4. The maximum atomic E-state index is 4.51. The topological polar surface area (TPSA) is 12.4 Å². The molecule has 0 atom stereocenters. The minimum absolute atomic E-state index is 1.03. The minimum atomic E-state index is 1.03. The first-order chi connectivity index (χ1) is 7.77. The smallest absolute Gasteiger partial charge is 0.0659 e. The third-order valence-electron chi connectivity index (χ3n) is 2.65. The summed E-state index contributed by atoms with van der Waals surface area (Å²) in [5, 5.41) is 0. The largest absolute Gasteiger partial charge is 0.256 e. The van der Waals surface area contributed by atoms with Gasteiger partial charge in [0.1, 0.15) is 0 Å². The van der Waals surface area contributed by atoms with E-state index in [0.29, 0.717) is 0 Å². The summed E-state index contributed by atoms with van der Waals surface area (Å²) >= 11 is 0. The molecule has 0 unspecified atom stereocenters. The Morgan fingerprint density at radius 1 is 0.812 bits per heavy atom. The lowest BCUT2D eigenvalue weighted by atomic mass is 10.1. The van der Waals surface area contributed by atoms with E-state index in [1.54, 1.807) is 0 Å². The Morgan fingerprint density at radius 2 is 1.44 bits per heavy atom. The van der Waals surface area contributed by atoms with E-state index in [1.165, 1.54) is 16.7 Å². The average molecular weight is 209 g/mol. The normalized spacial score (nSPS) is 10.9. The summed E-state index contributed by atoms with van der Waals surface area (Å²) in [6.07, 6.45) is 1.93. The van der Waals surface area contributed by atoms with E-state index in [-0.39, 0.29) is 0 Å². The van der Waals surface area contributed by atoms with Crippen molar-refractivity contribution in [3.05, 3.63) is 65.2 Å². The zero-order valence-electron chi connectivity index (χ0n) is 9.64. The van der Waals surface area contributed by atoms with Crippen LogP contribution in [-0.4, -0.2) is 6.21 Å². The van der Waals surface area contributed by atoms with Crippen molar-refractivity contribution in [2.75, 3.05) is 0 Å². The Bertz CT molecular complexity index is 465. The Morgan fingerprint density at radius 3 is 2.12 bits per heavy atom. The van der Waals surface area contributed by atoms with Gasteiger partial charge in [-0.3, -0.25) is 4.99 Å². The van der Waals surface area contributed by atoms with Gasteiger partial charge in [-0.2, -0.15) is 0 Å². The fourth-order valence-electron chi connectivity index (χ4n) is 1.58. The van der Waals surface area contributed by atoms with Crippen molar-refractivity contribution in [2.45, 2.75) is 13.8 Å². The average Bonchev–Trinajstić information content (AvgIpc) is 2.30. The molecule has 2 aromatic rings. The van der Waals surface area contributed by atoms with Crippen LogP contribution in [0.4, 0.5) is 5.69 Å². The Kier molecular flexibility index (Phi) is 3.16. The molecule has 1 nitrogen and oxygen atoms in total. The van der Waals surface area contributed by atoms with Crippen molar-refractivity contribution in [1.29, 1.82) is 0 Å². The predicted molar refractivity (Wildman–Crippen MR) is 69.6 cm³/mol. The highest BCUT2D eigenvalue weighted by molar-refractivity contribution is 5.83. The van der Waals surface area contributed by atoms with Crippen LogP contribution in [0.15, 0.2) is 53.5 Å². The Hall–Kier alpha value is -1.89. The molecule has 0 heterocycles. The van der Waals surface area contributed by atoms with Gasteiger partial charge in [-0.1, -0.05) is 42.5 Å². The summed E-state index contributed by atoms with van der Waals surface area (Å²) in [5.41, 5.74) is 4.66. The molecule has 0 amide bonds. The quantitative estimate of drug-likeness (QED) is 0.661. The second-order valence-electron chi connectivity index (χ2n) is 3.90. The fraction of sp³-hybridized carbons (Fsp3) is 0.133. The molecule has 0 radical (unpaired) electrons. The zero-order valence-corrected chi connectivity index (χ0v) is 9.64. The fourth-order valence-corrected chi connectivity index (χ4v) is 1.58. The second-order valence-corrected chi connectivity index (χ2v) is 3.90. The maximum absolute atomic E-state index is 4.51. The van der Waals surface area contributed by atoms with E-state index >= 15 is 0 Å². The highest BCUT2D eigenvalue weighted by Crippen LogP contribution is 2.17. The maximum Gasteiger partial charge on any atom is 0.0659 e. The third kappa shape index (κ3) is 2.37. The first-order valence-electron chi connectivity index (χ1n) is 5.43. The first-order valence-corrected chi connectivity index (χ1v) is 5.43. The number of hydrogen-bond acceptors (Lipinski definition) is 1. The predicted octanol–water partition coefficient (Wildman–Crippen LogP) is 4.05. The lowest BCUT2D eigenvalue weighted by molar-refractivity contribution is 1.39. The highest BCUT2D eigenvalue weighted by Gasteiger charge is 1.94. The van der Waals surface area contributed by atoms with Crippen LogP contribution < -0.4 is 0 Å². The molecule has 0 bridgehead atoms. The van der Waals surface area contributed by atoms with E-state index in [4.69, 9.17) is 0 Å². The lowest BCUT2D eigenvalue weighted by Crippen LogP contribution is -1.85. The van der Waals surface area contributed by atoms with Gasteiger partial charge in [-0.25, -0.2) is 0 Å². The van der Waals surface area contributed by atoms with Gasteiger partial charge < -0.3 is 0 Å². The number of aryl methyl sites for hydroxylation is 2. The van der Waals surface area contributed by atoms with Crippen molar-refractivity contribution < 1.29 is 0 Å². The molecule has 2 rings (SSSR count). The number of aliphatic imine (C=N–C) groups is 1. The summed E-state index contributed by atoms with van der Waals surface area (Å²) in [5.74, 6) is 0. The van der Waals surface area contributed by atoms with Crippen molar-refractivity contribution >= 4 is 11.9 Å². The Balaban J connectivity index is 2.29. The van der Waals surface area contributed by atoms with Gasteiger partial charge in [0.05, 0.1) is 5.69 Å². The third-order valence-corrected chi connectivity index (χ3v) is 2.65. The van der Waals surface area contributed by atoms with Crippen LogP contribution in [-0.2, 0) is 0 Å². The summed E-state index contributed by atoms with van der Waals surface area (Å²) in [6.45, 7) is 4.17.